The topological polar surface area (TPSA) is 110 Å². The molecule has 156 valence electrons. The van der Waals surface area contributed by atoms with Crippen LogP contribution in [0.2, 0.25) is 0 Å². The van der Waals surface area contributed by atoms with Gasteiger partial charge in [0.15, 0.2) is 5.78 Å². The third-order valence-corrected chi connectivity index (χ3v) is 6.98. The molecule has 1 aromatic heterocycles. The first kappa shape index (κ1) is 19.0. The van der Waals surface area contributed by atoms with Gasteiger partial charge in [0.25, 0.3) is 0 Å². The molecular formula is C22H25N5O3. The quantitative estimate of drug-likeness (QED) is 0.405. The second-order valence-electron chi connectivity index (χ2n) is 9.26. The van der Waals surface area contributed by atoms with Crippen LogP contribution in [-0.2, 0) is 0 Å². The maximum Gasteiger partial charge on any atom is 0.353 e. The molecule has 2 aromatic rings. The lowest BCUT2D eigenvalue weighted by atomic mass is 9.53. The predicted molar refractivity (Wildman–Crippen MR) is 113 cm³/mol. The number of carbonyl (C=O) groups excluding carboxylic acids is 1. The van der Waals surface area contributed by atoms with Gasteiger partial charge in [0.2, 0.25) is 11.6 Å². The molecule has 0 radical (unpaired) electrons. The van der Waals surface area contributed by atoms with Gasteiger partial charge in [-0.05, 0) is 87.5 Å². The minimum Gasteiger partial charge on any atom is -0.359 e. The van der Waals surface area contributed by atoms with E-state index in [0.29, 0.717) is 17.1 Å². The smallest absolute Gasteiger partial charge is 0.353 e. The Morgan fingerprint density at radius 3 is 2.13 bits per heavy atom. The largest absolute Gasteiger partial charge is 0.359 e. The molecule has 6 rings (SSSR count). The van der Waals surface area contributed by atoms with Crippen molar-refractivity contribution < 1.29 is 9.72 Å². The van der Waals surface area contributed by atoms with Crippen LogP contribution in [0, 0.1) is 27.9 Å². The van der Waals surface area contributed by atoms with Crippen LogP contribution in [0.3, 0.4) is 0 Å². The summed E-state index contributed by atoms with van der Waals surface area (Å²) in [7, 11) is 0. The van der Waals surface area contributed by atoms with Crippen LogP contribution >= 0.6 is 0 Å². The number of nitrogens with one attached hydrogen (secondary N) is 2. The molecule has 30 heavy (non-hydrogen) atoms. The highest BCUT2D eigenvalue weighted by Gasteiger charge is 2.51. The Balaban J connectivity index is 1.44. The number of hydrogen-bond donors (Lipinski definition) is 2. The zero-order valence-electron chi connectivity index (χ0n) is 16.9. The van der Waals surface area contributed by atoms with Crippen molar-refractivity contribution in [2.45, 2.75) is 51.0 Å². The highest BCUT2D eigenvalue weighted by molar-refractivity contribution is 5.94. The molecule has 0 spiro atoms. The van der Waals surface area contributed by atoms with E-state index in [0.717, 1.165) is 37.0 Å². The Labute approximate surface area is 174 Å². The Bertz CT molecular complexity index is 969. The molecule has 4 aliphatic carbocycles. The van der Waals surface area contributed by atoms with Gasteiger partial charge in [-0.1, -0.05) is 0 Å². The highest BCUT2D eigenvalue weighted by atomic mass is 16.6. The normalized spacial score (nSPS) is 28.9. The Hall–Kier alpha value is -3.03. The average molecular weight is 407 g/mol. The summed E-state index contributed by atoms with van der Waals surface area (Å²) >= 11 is 0. The van der Waals surface area contributed by atoms with E-state index < -0.39 is 4.92 Å². The summed E-state index contributed by atoms with van der Waals surface area (Å²) in [5.74, 6) is 2.58. The second-order valence-corrected chi connectivity index (χ2v) is 9.26. The van der Waals surface area contributed by atoms with Crippen LogP contribution in [0.25, 0.3) is 0 Å². The molecule has 0 atom stereocenters. The van der Waals surface area contributed by atoms with Crippen molar-refractivity contribution in [2.24, 2.45) is 17.8 Å². The fraction of sp³-hybridized carbons (Fsp3) is 0.500. The molecule has 4 bridgehead atoms. The van der Waals surface area contributed by atoms with Gasteiger partial charge in [0.05, 0.1) is 4.92 Å². The fourth-order valence-corrected chi connectivity index (χ4v) is 6.17. The van der Waals surface area contributed by atoms with Crippen LogP contribution in [0.4, 0.5) is 23.0 Å². The summed E-state index contributed by atoms with van der Waals surface area (Å²) in [6.45, 7) is 1.50. The number of hydrogen-bond acceptors (Lipinski definition) is 7. The van der Waals surface area contributed by atoms with E-state index in [1.165, 1.54) is 32.5 Å². The summed E-state index contributed by atoms with van der Waals surface area (Å²) < 4.78 is 0. The van der Waals surface area contributed by atoms with Crippen LogP contribution in [0.5, 0.6) is 0 Å². The van der Waals surface area contributed by atoms with E-state index >= 15 is 0 Å². The van der Waals surface area contributed by atoms with Crippen molar-refractivity contribution in [1.82, 2.24) is 9.97 Å². The summed E-state index contributed by atoms with van der Waals surface area (Å²) in [5, 5.41) is 18.5. The predicted octanol–water partition coefficient (Wildman–Crippen LogP) is 4.71. The first-order valence-electron chi connectivity index (χ1n) is 10.6. The van der Waals surface area contributed by atoms with Gasteiger partial charge in [-0.2, -0.15) is 0 Å². The summed E-state index contributed by atoms with van der Waals surface area (Å²) in [5.41, 5.74) is 0.988. The monoisotopic (exact) mass is 407 g/mol. The summed E-state index contributed by atoms with van der Waals surface area (Å²) in [6, 6.07) is 6.81. The molecule has 2 N–H and O–H groups in total. The average Bonchev–Trinajstić information content (AvgIpc) is 2.67. The first-order valence-corrected chi connectivity index (χ1v) is 10.6. The van der Waals surface area contributed by atoms with Crippen molar-refractivity contribution in [3.05, 3.63) is 46.3 Å². The molecule has 0 saturated heterocycles. The Kier molecular flexibility index (Phi) is 4.45. The number of nitrogens with zero attached hydrogens (tertiary/aromatic N) is 3. The van der Waals surface area contributed by atoms with E-state index in [1.54, 1.807) is 24.3 Å². The van der Waals surface area contributed by atoms with Gasteiger partial charge in [-0.25, -0.2) is 9.97 Å². The lowest BCUT2D eigenvalue weighted by Crippen LogP contribution is -2.55. The van der Waals surface area contributed by atoms with Crippen LogP contribution in [-0.4, -0.2) is 26.2 Å². The maximum atomic E-state index is 12.0. The maximum absolute atomic E-state index is 12.0. The van der Waals surface area contributed by atoms with Crippen LogP contribution < -0.4 is 10.6 Å². The second kappa shape index (κ2) is 7.04. The van der Waals surface area contributed by atoms with Gasteiger partial charge >= 0.3 is 5.69 Å². The number of benzene rings is 1. The van der Waals surface area contributed by atoms with Crippen molar-refractivity contribution in [3.63, 3.8) is 0 Å². The van der Waals surface area contributed by atoms with Crippen molar-refractivity contribution in [3.8, 4) is 0 Å². The SMILES string of the molecule is CC(=O)c1ccc(Nc2ncnc(NC34CC5CC(CC(C5)C3)C4)c2[N+](=O)[O-])cc1. The third kappa shape index (κ3) is 3.40. The number of rotatable bonds is 6. The zero-order chi connectivity index (χ0) is 20.9. The van der Waals surface area contributed by atoms with E-state index in [4.69, 9.17) is 0 Å². The number of Topliss-reactive ketones (excluding diaryl/α,β-unsaturated/α-hetero) is 1. The van der Waals surface area contributed by atoms with E-state index in [1.807, 2.05) is 0 Å². The molecule has 8 heteroatoms. The molecule has 1 aromatic carbocycles. The van der Waals surface area contributed by atoms with E-state index in [-0.39, 0.29) is 22.8 Å². The minimum absolute atomic E-state index is 0.0309. The van der Waals surface area contributed by atoms with Gasteiger partial charge in [-0.15, -0.1) is 0 Å². The molecule has 1 heterocycles. The molecular weight excluding hydrogens is 382 g/mol. The first-order chi connectivity index (χ1) is 14.4. The van der Waals surface area contributed by atoms with Gasteiger partial charge in [0, 0.05) is 16.8 Å². The van der Waals surface area contributed by atoms with Gasteiger partial charge in [0.1, 0.15) is 6.33 Å². The molecule has 4 fully saturated rings. The molecule has 4 aliphatic rings. The Morgan fingerprint density at radius 2 is 1.60 bits per heavy atom. The van der Waals surface area contributed by atoms with Gasteiger partial charge in [-0.3, -0.25) is 14.9 Å². The fourth-order valence-electron chi connectivity index (χ4n) is 6.17. The Morgan fingerprint density at radius 1 is 1.03 bits per heavy atom. The van der Waals surface area contributed by atoms with Crippen molar-refractivity contribution >= 4 is 28.8 Å². The summed E-state index contributed by atoms with van der Waals surface area (Å²) in [6.07, 6.45) is 8.46. The lowest BCUT2D eigenvalue weighted by molar-refractivity contribution is -0.383. The van der Waals surface area contributed by atoms with E-state index in [2.05, 4.69) is 20.6 Å². The van der Waals surface area contributed by atoms with Crippen molar-refractivity contribution in [1.29, 1.82) is 0 Å². The summed E-state index contributed by atoms with van der Waals surface area (Å²) in [4.78, 5) is 31.4. The molecule has 8 nitrogen and oxygen atoms in total. The highest BCUT2D eigenvalue weighted by Crippen LogP contribution is 2.57. The lowest BCUT2D eigenvalue weighted by Gasteiger charge is -2.57. The molecule has 0 aliphatic heterocycles. The number of carbonyl (C=O) groups is 1. The minimum atomic E-state index is -0.422. The number of aromatic nitrogens is 2. The molecule has 0 amide bonds. The number of nitro groups is 1. The number of anilines is 3. The molecule has 0 unspecified atom stereocenters. The standard InChI is InChI=1S/C22H25N5O3/c1-13(28)17-2-4-18(5-3-17)25-20-19(27(29)30)21(24-12-23-20)26-22-9-14-6-15(10-22)8-16(7-14)11-22/h2-5,12,14-16H,6-11H2,1H3,(H2,23,24,25,26). The third-order valence-electron chi connectivity index (χ3n) is 6.98. The van der Waals surface area contributed by atoms with Crippen LogP contribution in [0.1, 0.15) is 55.8 Å². The van der Waals surface area contributed by atoms with Crippen LogP contribution in [0.15, 0.2) is 30.6 Å². The zero-order valence-corrected chi connectivity index (χ0v) is 16.9. The molecule has 4 saturated carbocycles. The number of ketones is 1. The van der Waals surface area contributed by atoms with Crippen molar-refractivity contribution in [2.75, 3.05) is 10.6 Å². The van der Waals surface area contributed by atoms with Gasteiger partial charge < -0.3 is 10.6 Å². The van der Waals surface area contributed by atoms with E-state index in [9.17, 15) is 14.9 Å².